The monoisotopic (exact) mass is 402 g/mol. The fourth-order valence-corrected chi connectivity index (χ4v) is 4.37. The zero-order valence-electron chi connectivity index (χ0n) is 16.7. The van der Waals surface area contributed by atoms with Crippen molar-refractivity contribution in [3.63, 3.8) is 0 Å². The highest BCUT2D eigenvalue weighted by Crippen LogP contribution is 2.29. The quantitative estimate of drug-likeness (QED) is 0.729. The molecule has 1 heterocycles. The summed E-state index contributed by atoms with van der Waals surface area (Å²) in [6, 6.07) is 7.79. The van der Waals surface area contributed by atoms with E-state index in [1.54, 1.807) is 0 Å². The van der Waals surface area contributed by atoms with Crippen molar-refractivity contribution < 1.29 is 24.2 Å². The van der Waals surface area contributed by atoms with Crippen molar-refractivity contribution in [1.29, 1.82) is 0 Å². The first-order chi connectivity index (χ1) is 14.0. The number of carboxylic acid groups (broad SMARTS) is 1. The maximum absolute atomic E-state index is 13.1. The molecule has 1 aliphatic heterocycles. The Morgan fingerprint density at radius 1 is 1.07 bits per heavy atom. The molecule has 2 fully saturated rings. The van der Waals surface area contributed by atoms with Gasteiger partial charge in [-0.3, -0.25) is 4.79 Å². The van der Waals surface area contributed by atoms with Crippen molar-refractivity contribution in [2.75, 3.05) is 6.54 Å². The first-order valence-corrected chi connectivity index (χ1v) is 10.5. The second kappa shape index (κ2) is 10.3. The lowest BCUT2D eigenvalue weighted by molar-refractivity contribution is -0.149. The van der Waals surface area contributed by atoms with Gasteiger partial charge in [0.2, 0.25) is 5.91 Å². The van der Waals surface area contributed by atoms with Gasteiger partial charge in [-0.25, -0.2) is 9.59 Å². The summed E-state index contributed by atoms with van der Waals surface area (Å²) >= 11 is 0. The van der Waals surface area contributed by atoms with Crippen molar-refractivity contribution in [1.82, 2.24) is 10.2 Å². The number of rotatable bonds is 7. The minimum absolute atomic E-state index is 0.123. The summed E-state index contributed by atoms with van der Waals surface area (Å²) < 4.78 is 5.30. The highest BCUT2D eigenvalue weighted by Gasteiger charge is 2.38. The first-order valence-electron chi connectivity index (χ1n) is 10.5. The fourth-order valence-electron chi connectivity index (χ4n) is 4.37. The van der Waals surface area contributed by atoms with Gasteiger partial charge < -0.3 is 20.1 Å². The number of nitrogens with one attached hydrogen (secondary N) is 1. The van der Waals surface area contributed by atoms with E-state index >= 15 is 0 Å². The van der Waals surface area contributed by atoms with E-state index < -0.39 is 24.1 Å². The normalized spacial score (nSPS) is 20.8. The molecule has 0 radical (unpaired) electrons. The van der Waals surface area contributed by atoms with Gasteiger partial charge in [-0.15, -0.1) is 0 Å². The number of aliphatic carboxylic acids is 1. The molecule has 7 heteroatoms. The molecule has 158 valence electrons. The molecule has 1 unspecified atom stereocenters. The van der Waals surface area contributed by atoms with E-state index in [1.165, 1.54) is 11.3 Å². The van der Waals surface area contributed by atoms with Crippen molar-refractivity contribution in [2.45, 2.75) is 70.1 Å². The van der Waals surface area contributed by atoms with Crippen LogP contribution in [-0.4, -0.2) is 46.6 Å². The van der Waals surface area contributed by atoms with Crippen molar-refractivity contribution >= 4 is 18.0 Å². The Morgan fingerprint density at radius 2 is 1.79 bits per heavy atom. The molecule has 2 amide bonds. The third kappa shape index (κ3) is 5.95. The fraction of sp³-hybridized carbons (Fsp3) is 0.591. The summed E-state index contributed by atoms with van der Waals surface area (Å²) in [7, 11) is 0. The Bertz CT molecular complexity index is 702. The molecule has 1 aromatic rings. The maximum Gasteiger partial charge on any atom is 0.408 e. The maximum atomic E-state index is 13.1. The van der Waals surface area contributed by atoms with E-state index in [4.69, 9.17) is 4.74 Å². The standard InChI is InChI=1S/C22H30N2O5/c25-20(24-13-7-12-19(24)21(26)27)18(14-16-8-3-1-4-9-16)23-22(28)29-15-17-10-5-2-6-11-17/h2,5-6,10-11,16,18-19H,1,3-4,7-9,12-15H2,(H,23,28)(H,26,27)/t18?,19-/m0/s1. The second-order valence-corrected chi connectivity index (χ2v) is 8.03. The Hall–Kier alpha value is -2.57. The lowest BCUT2D eigenvalue weighted by Crippen LogP contribution is -2.52. The number of amides is 2. The van der Waals surface area contributed by atoms with Gasteiger partial charge in [-0.2, -0.15) is 0 Å². The lowest BCUT2D eigenvalue weighted by Gasteiger charge is -2.30. The molecule has 0 spiro atoms. The van der Waals surface area contributed by atoms with Gasteiger partial charge in [0.1, 0.15) is 18.7 Å². The highest BCUT2D eigenvalue weighted by molar-refractivity contribution is 5.89. The van der Waals surface area contributed by atoms with Gasteiger partial charge in [-0.05, 0) is 30.7 Å². The highest BCUT2D eigenvalue weighted by atomic mass is 16.5. The largest absolute Gasteiger partial charge is 0.480 e. The first kappa shape index (κ1) is 21.1. The Kier molecular flexibility index (Phi) is 7.49. The minimum atomic E-state index is -0.987. The summed E-state index contributed by atoms with van der Waals surface area (Å²) in [6.07, 6.45) is 6.54. The number of carbonyl (C=O) groups is 3. The number of carboxylic acids is 1. The second-order valence-electron chi connectivity index (χ2n) is 8.03. The van der Waals surface area contributed by atoms with Crippen molar-refractivity contribution in [3.8, 4) is 0 Å². The SMILES string of the molecule is O=C(NC(CC1CCCCC1)C(=O)N1CCC[C@H]1C(=O)O)OCc1ccccc1. The van der Waals surface area contributed by atoms with Crippen LogP contribution in [0.1, 0.15) is 56.9 Å². The molecule has 0 aromatic heterocycles. The van der Waals surface area contributed by atoms with Crippen LogP contribution < -0.4 is 5.32 Å². The summed E-state index contributed by atoms with van der Waals surface area (Å²) in [5, 5.41) is 12.1. The molecule has 1 aromatic carbocycles. The minimum Gasteiger partial charge on any atom is -0.480 e. The molecule has 0 bridgehead atoms. The van der Waals surface area contributed by atoms with E-state index in [2.05, 4.69) is 5.32 Å². The van der Waals surface area contributed by atoms with Crippen LogP contribution in [0.2, 0.25) is 0 Å². The Labute approximate surface area is 171 Å². The van der Waals surface area contributed by atoms with Crippen molar-refractivity contribution in [3.05, 3.63) is 35.9 Å². The van der Waals surface area contributed by atoms with Crippen LogP contribution in [-0.2, 0) is 20.9 Å². The predicted molar refractivity (Wildman–Crippen MR) is 107 cm³/mol. The lowest BCUT2D eigenvalue weighted by atomic mass is 9.84. The van der Waals surface area contributed by atoms with E-state index in [-0.39, 0.29) is 12.5 Å². The number of carbonyl (C=O) groups excluding carboxylic acids is 2. The van der Waals surface area contributed by atoms with E-state index in [0.717, 1.165) is 31.2 Å². The molecule has 3 rings (SSSR count). The van der Waals surface area contributed by atoms with Gasteiger partial charge in [-0.1, -0.05) is 62.4 Å². The van der Waals surface area contributed by atoms with Gasteiger partial charge in [0.05, 0.1) is 0 Å². The third-order valence-electron chi connectivity index (χ3n) is 5.92. The summed E-state index contributed by atoms with van der Waals surface area (Å²) in [6.45, 7) is 0.538. The summed E-state index contributed by atoms with van der Waals surface area (Å²) in [4.78, 5) is 38.4. The smallest absolute Gasteiger partial charge is 0.408 e. The molecule has 1 aliphatic carbocycles. The molecular formula is C22H30N2O5. The Balaban J connectivity index is 1.64. The van der Waals surface area contributed by atoms with Crippen LogP contribution in [0, 0.1) is 5.92 Å². The summed E-state index contributed by atoms with van der Waals surface area (Å²) in [5.41, 5.74) is 0.864. The number of nitrogens with zero attached hydrogens (tertiary/aromatic N) is 1. The Morgan fingerprint density at radius 3 is 2.48 bits per heavy atom. The number of hydrogen-bond donors (Lipinski definition) is 2. The van der Waals surface area contributed by atoms with Crippen molar-refractivity contribution in [2.24, 2.45) is 5.92 Å². The predicted octanol–water partition coefficient (Wildman–Crippen LogP) is 3.33. The molecule has 7 nitrogen and oxygen atoms in total. The van der Waals surface area contributed by atoms with Crippen LogP contribution in [0.25, 0.3) is 0 Å². The number of hydrogen-bond acceptors (Lipinski definition) is 4. The third-order valence-corrected chi connectivity index (χ3v) is 5.92. The number of benzene rings is 1. The van der Waals surface area contributed by atoms with E-state index in [1.807, 2.05) is 30.3 Å². The molecular weight excluding hydrogens is 372 g/mol. The van der Waals surface area contributed by atoms with Crippen LogP contribution in [0.15, 0.2) is 30.3 Å². The number of alkyl carbamates (subject to hydrolysis) is 1. The van der Waals surface area contributed by atoms with Crippen LogP contribution in [0.3, 0.4) is 0 Å². The summed E-state index contributed by atoms with van der Waals surface area (Å²) in [5.74, 6) is -0.936. The van der Waals surface area contributed by atoms with E-state index in [9.17, 15) is 19.5 Å². The zero-order valence-corrected chi connectivity index (χ0v) is 16.7. The van der Waals surface area contributed by atoms with Gasteiger partial charge in [0, 0.05) is 6.54 Å². The molecule has 29 heavy (non-hydrogen) atoms. The number of ether oxygens (including phenoxy) is 1. The topological polar surface area (TPSA) is 95.9 Å². The molecule has 1 saturated heterocycles. The van der Waals surface area contributed by atoms with Gasteiger partial charge in [0.25, 0.3) is 0 Å². The molecule has 2 aliphatic rings. The average Bonchev–Trinajstić information content (AvgIpc) is 3.23. The van der Waals surface area contributed by atoms with Crippen LogP contribution in [0.5, 0.6) is 0 Å². The van der Waals surface area contributed by atoms with Crippen LogP contribution >= 0.6 is 0 Å². The molecule has 2 atom stereocenters. The van der Waals surface area contributed by atoms with Gasteiger partial charge in [0.15, 0.2) is 0 Å². The van der Waals surface area contributed by atoms with Crippen LogP contribution in [0.4, 0.5) is 4.79 Å². The van der Waals surface area contributed by atoms with Gasteiger partial charge >= 0.3 is 12.1 Å². The molecule has 2 N–H and O–H groups in total. The molecule has 1 saturated carbocycles. The number of likely N-dealkylation sites (tertiary alicyclic amines) is 1. The average molecular weight is 402 g/mol. The zero-order chi connectivity index (χ0) is 20.6. The van der Waals surface area contributed by atoms with E-state index in [0.29, 0.717) is 31.7 Å².